The fraction of sp³-hybridized carbons (Fsp3) is 0.200. The van der Waals surface area contributed by atoms with Crippen LogP contribution < -0.4 is 0 Å². The Labute approximate surface area is 71.2 Å². The fourth-order valence-electron chi connectivity index (χ4n) is 1.46. The number of fused-ring (bicyclic) bond motifs is 1. The van der Waals surface area contributed by atoms with Gasteiger partial charge in [0.25, 0.3) is 0 Å². The highest BCUT2D eigenvalue weighted by Crippen LogP contribution is 2.10. The Kier molecular flexibility index (Phi) is 1.74. The number of carbonyl (C=O) groups is 1. The summed E-state index contributed by atoms with van der Waals surface area (Å²) in [6.45, 7) is 0.806. The molecule has 60 valence electrons. The fourth-order valence-corrected chi connectivity index (χ4v) is 1.46. The molecule has 0 bridgehead atoms. The SMILES string of the molecule is O=C[N+]1=Cc2ccccc2CC1. The predicted octanol–water partition coefficient (Wildman–Crippen LogP) is 0.831. The molecule has 12 heavy (non-hydrogen) atoms. The minimum absolute atomic E-state index is 0.806. The molecule has 0 spiro atoms. The summed E-state index contributed by atoms with van der Waals surface area (Å²) in [5.74, 6) is 0. The molecule has 0 unspecified atom stereocenters. The van der Waals surface area contributed by atoms with Gasteiger partial charge in [0.15, 0.2) is 12.8 Å². The van der Waals surface area contributed by atoms with E-state index in [0.717, 1.165) is 24.9 Å². The lowest BCUT2D eigenvalue weighted by atomic mass is 10.0. The lowest BCUT2D eigenvalue weighted by molar-refractivity contribution is -0.429. The van der Waals surface area contributed by atoms with Crippen LogP contribution in [0.2, 0.25) is 0 Å². The molecule has 0 fully saturated rings. The Morgan fingerprint density at radius 2 is 2.17 bits per heavy atom. The van der Waals surface area contributed by atoms with Gasteiger partial charge in [-0.05, 0) is 11.6 Å². The molecular weight excluding hydrogens is 150 g/mol. The third-order valence-electron chi connectivity index (χ3n) is 2.13. The van der Waals surface area contributed by atoms with Crippen molar-refractivity contribution in [3.8, 4) is 0 Å². The van der Waals surface area contributed by atoms with Crippen molar-refractivity contribution in [3.05, 3.63) is 35.4 Å². The molecule has 1 aromatic rings. The Hall–Kier alpha value is -1.44. The molecule has 2 nitrogen and oxygen atoms in total. The summed E-state index contributed by atoms with van der Waals surface area (Å²) >= 11 is 0. The van der Waals surface area contributed by atoms with Gasteiger partial charge in [-0.3, -0.25) is 0 Å². The van der Waals surface area contributed by atoms with Crippen molar-refractivity contribution < 1.29 is 9.37 Å². The lowest BCUT2D eigenvalue weighted by Gasteiger charge is -2.07. The highest BCUT2D eigenvalue weighted by atomic mass is 16.1. The maximum absolute atomic E-state index is 10.5. The zero-order chi connectivity index (χ0) is 8.39. The van der Waals surface area contributed by atoms with Gasteiger partial charge in [0.05, 0.1) is 0 Å². The van der Waals surface area contributed by atoms with Gasteiger partial charge in [0, 0.05) is 12.0 Å². The summed E-state index contributed by atoms with van der Waals surface area (Å²) in [6.07, 6.45) is 3.73. The minimum atomic E-state index is 0.806. The minimum Gasteiger partial charge on any atom is -0.223 e. The first-order valence-electron chi connectivity index (χ1n) is 4.04. The molecule has 2 heteroatoms. The van der Waals surface area contributed by atoms with E-state index < -0.39 is 0 Å². The number of carbonyl (C=O) groups excluding carboxylic acids is 1. The van der Waals surface area contributed by atoms with Gasteiger partial charge in [-0.1, -0.05) is 18.2 Å². The summed E-state index contributed by atoms with van der Waals surface area (Å²) in [4.78, 5) is 10.5. The summed E-state index contributed by atoms with van der Waals surface area (Å²) in [5.41, 5.74) is 2.49. The quantitative estimate of drug-likeness (QED) is 0.440. The third-order valence-corrected chi connectivity index (χ3v) is 2.13. The van der Waals surface area contributed by atoms with Gasteiger partial charge in [0.1, 0.15) is 0 Å². The third kappa shape index (κ3) is 1.16. The molecule has 0 N–H and O–H groups in total. The molecule has 0 aromatic heterocycles. The number of nitrogens with zero attached hydrogens (tertiary/aromatic N) is 1. The van der Waals surface area contributed by atoms with Crippen molar-refractivity contribution in [2.24, 2.45) is 0 Å². The summed E-state index contributed by atoms with van der Waals surface area (Å²) < 4.78 is 1.68. The molecule has 2 rings (SSSR count). The summed E-state index contributed by atoms with van der Waals surface area (Å²) in [6, 6.07) is 8.16. The average Bonchev–Trinajstić information content (AvgIpc) is 2.17. The van der Waals surface area contributed by atoms with E-state index in [0.29, 0.717) is 0 Å². The molecule has 0 atom stereocenters. The highest BCUT2D eigenvalue weighted by Gasteiger charge is 2.13. The number of hydrogen-bond acceptors (Lipinski definition) is 1. The molecule has 1 aliphatic heterocycles. The van der Waals surface area contributed by atoms with Crippen LogP contribution in [0.1, 0.15) is 11.1 Å². The van der Waals surface area contributed by atoms with E-state index in [-0.39, 0.29) is 0 Å². The van der Waals surface area contributed by atoms with E-state index in [1.807, 2.05) is 24.4 Å². The Balaban J connectivity index is 2.47. The smallest absolute Gasteiger partial charge is 0.223 e. The summed E-state index contributed by atoms with van der Waals surface area (Å²) in [7, 11) is 0. The maximum Gasteiger partial charge on any atom is 0.375 e. The van der Waals surface area contributed by atoms with Gasteiger partial charge in [-0.25, -0.2) is 4.79 Å². The van der Waals surface area contributed by atoms with Crippen LogP contribution in [0.3, 0.4) is 0 Å². The van der Waals surface area contributed by atoms with E-state index in [1.165, 1.54) is 5.56 Å². The molecule has 1 aromatic carbocycles. The predicted molar refractivity (Wildman–Crippen MR) is 46.5 cm³/mol. The van der Waals surface area contributed by atoms with Gasteiger partial charge < -0.3 is 0 Å². The lowest BCUT2D eigenvalue weighted by Crippen LogP contribution is -2.20. The maximum atomic E-state index is 10.5. The van der Waals surface area contributed by atoms with Gasteiger partial charge in [0.2, 0.25) is 0 Å². The Morgan fingerprint density at radius 3 is 3.00 bits per heavy atom. The number of benzene rings is 1. The van der Waals surface area contributed by atoms with Crippen LogP contribution in [0.15, 0.2) is 24.3 Å². The van der Waals surface area contributed by atoms with Crippen LogP contribution in [-0.4, -0.2) is 23.7 Å². The van der Waals surface area contributed by atoms with Crippen molar-refractivity contribution in [1.29, 1.82) is 0 Å². The average molecular weight is 160 g/mol. The zero-order valence-electron chi connectivity index (χ0n) is 6.73. The van der Waals surface area contributed by atoms with Crippen LogP contribution in [0.25, 0.3) is 0 Å². The largest absolute Gasteiger partial charge is 0.375 e. The van der Waals surface area contributed by atoms with Gasteiger partial charge in [-0.15, -0.1) is 0 Å². The van der Waals surface area contributed by atoms with E-state index >= 15 is 0 Å². The normalized spacial score (nSPS) is 14.8. The highest BCUT2D eigenvalue weighted by molar-refractivity contribution is 5.80. The van der Waals surface area contributed by atoms with E-state index in [9.17, 15) is 4.79 Å². The molecule has 0 saturated carbocycles. The van der Waals surface area contributed by atoms with Crippen molar-refractivity contribution >= 4 is 12.6 Å². The van der Waals surface area contributed by atoms with Crippen LogP contribution in [0.4, 0.5) is 0 Å². The van der Waals surface area contributed by atoms with E-state index in [4.69, 9.17) is 0 Å². The number of amides is 1. The molecule has 0 radical (unpaired) electrons. The van der Waals surface area contributed by atoms with Crippen molar-refractivity contribution in [2.75, 3.05) is 6.54 Å². The van der Waals surface area contributed by atoms with E-state index in [1.54, 1.807) is 4.58 Å². The van der Waals surface area contributed by atoms with Crippen molar-refractivity contribution in [2.45, 2.75) is 6.42 Å². The number of hydrogen-bond donors (Lipinski definition) is 0. The number of rotatable bonds is 1. The monoisotopic (exact) mass is 160 g/mol. The van der Waals surface area contributed by atoms with Gasteiger partial charge >= 0.3 is 6.41 Å². The summed E-state index contributed by atoms with van der Waals surface area (Å²) in [5, 5.41) is 0. The van der Waals surface area contributed by atoms with Crippen molar-refractivity contribution in [3.63, 3.8) is 0 Å². The molecular formula is C10H10NO+. The standard InChI is InChI=1S/C10H10NO/c12-8-11-6-5-9-3-1-2-4-10(9)7-11/h1-4,7-8H,5-6H2/q+1. The molecule has 0 saturated heterocycles. The van der Waals surface area contributed by atoms with Crippen LogP contribution in [0, 0.1) is 0 Å². The van der Waals surface area contributed by atoms with Crippen LogP contribution in [-0.2, 0) is 11.2 Å². The Bertz CT molecular complexity index is 341. The van der Waals surface area contributed by atoms with Crippen LogP contribution in [0.5, 0.6) is 0 Å². The second-order valence-electron chi connectivity index (χ2n) is 2.92. The Morgan fingerprint density at radius 1 is 1.33 bits per heavy atom. The van der Waals surface area contributed by atoms with Gasteiger partial charge in [-0.2, -0.15) is 4.58 Å². The van der Waals surface area contributed by atoms with Crippen LogP contribution >= 0.6 is 0 Å². The second kappa shape index (κ2) is 2.89. The molecule has 1 aliphatic rings. The van der Waals surface area contributed by atoms with Crippen molar-refractivity contribution in [1.82, 2.24) is 0 Å². The second-order valence-corrected chi connectivity index (χ2v) is 2.92. The van der Waals surface area contributed by atoms with E-state index in [2.05, 4.69) is 6.07 Å². The first kappa shape index (κ1) is 7.22. The topological polar surface area (TPSA) is 20.1 Å². The molecule has 1 amide bonds. The first-order chi connectivity index (χ1) is 5.90. The molecule has 1 heterocycles. The first-order valence-corrected chi connectivity index (χ1v) is 4.04. The zero-order valence-corrected chi connectivity index (χ0v) is 6.73. The molecule has 0 aliphatic carbocycles.